The van der Waals surface area contributed by atoms with Crippen LogP contribution in [0.2, 0.25) is 0 Å². The Morgan fingerprint density at radius 1 is 0.984 bits per heavy atom. The van der Waals surface area contributed by atoms with Gasteiger partial charge in [0.05, 0.1) is 30.2 Å². The van der Waals surface area contributed by atoms with Crippen molar-refractivity contribution in [3.63, 3.8) is 0 Å². The topological polar surface area (TPSA) is 198 Å². The number of halogens is 1. The zero-order chi connectivity index (χ0) is 44.7. The van der Waals surface area contributed by atoms with Crippen LogP contribution in [0.25, 0.3) is 0 Å². The molecule has 2 bridgehead atoms. The van der Waals surface area contributed by atoms with Crippen LogP contribution in [0.15, 0.2) is 66.0 Å². The normalized spacial score (nSPS) is 35.6. The Hall–Kier alpha value is -4.48. The molecular formula is C45H57FN2O13. The molecule has 7 rings (SSSR count). The maximum Gasteiger partial charge on any atom is 0.408 e. The monoisotopic (exact) mass is 852 g/mol. The molecule has 3 N–H and O–H groups in total. The standard InChI is InChI=1S/C45H57FN2O13/c1-23-27(56-38(52)32(50)31(25-16-18-47-19-17-25)48-39(53)61-40(3,4)5)21-45(54)36(57-37(51)26-14-12-11-13-15-26)34-43(10,28(46)20-29-44(34,22-55-29)58-24(2)49)35-33(30(23)41(45,6)7)59-42(8,9)60-35/h11-19,27-29,31-36,50,54H,20-22H2,1-10H3,(H,48,53)/t27-,28+,29+,31-,32+,33+,34-,35+,36-,43+,44-,45+/m0/s1. The molecule has 0 unspecified atom stereocenters. The number of carbonyl (C=O) groups is 4. The second kappa shape index (κ2) is 15.4. The molecule has 332 valence electrons. The number of rotatable bonds is 8. The number of hydrogen-bond donors (Lipinski definition) is 3. The maximum atomic E-state index is 17.5. The molecule has 15 nitrogen and oxygen atoms in total. The lowest BCUT2D eigenvalue weighted by atomic mass is 9.44. The molecule has 1 aromatic heterocycles. The van der Waals surface area contributed by atoms with Gasteiger partial charge in [-0.3, -0.25) is 9.78 Å². The molecule has 5 aliphatic rings. The van der Waals surface area contributed by atoms with Gasteiger partial charge in [-0.1, -0.05) is 39.0 Å². The number of pyridine rings is 1. The number of alkyl carbamates (subject to hydrolysis) is 1. The van der Waals surface area contributed by atoms with Crippen molar-refractivity contribution in [2.45, 2.75) is 154 Å². The summed E-state index contributed by atoms with van der Waals surface area (Å²) in [6.45, 7) is 16.2. The Labute approximate surface area is 354 Å². The van der Waals surface area contributed by atoms with Crippen LogP contribution >= 0.6 is 0 Å². The Morgan fingerprint density at radius 2 is 1.64 bits per heavy atom. The Morgan fingerprint density at radius 3 is 2.23 bits per heavy atom. The van der Waals surface area contributed by atoms with Gasteiger partial charge in [0.15, 0.2) is 17.5 Å². The number of nitrogens with zero attached hydrogens (tertiary/aromatic N) is 1. The van der Waals surface area contributed by atoms with Crippen molar-refractivity contribution in [2.75, 3.05) is 6.61 Å². The number of aliphatic hydroxyl groups excluding tert-OH is 1. The van der Waals surface area contributed by atoms with E-state index in [0.717, 1.165) is 0 Å². The second-order valence-electron chi connectivity index (χ2n) is 19.2. The van der Waals surface area contributed by atoms with E-state index in [9.17, 15) is 29.4 Å². The summed E-state index contributed by atoms with van der Waals surface area (Å²) in [7, 11) is 0. The molecule has 2 saturated carbocycles. The molecule has 0 radical (unpaired) electrons. The first-order valence-corrected chi connectivity index (χ1v) is 20.6. The number of amides is 1. The Bertz CT molecular complexity index is 2070. The van der Waals surface area contributed by atoms with Crippen molar-refractivity contribution in [1.29, 1.82) is 0 Å². The van der Waals surface area contributed by atoms with Gasteiger partial charge in [-0.25, -0.2) is 18.8 Å². The average molecular weight is 853 g/mol. The van der Waals surface area contributed by atoms with Crippen molar-refractivity contribution in [3.8, 4) is 0 Å². The van der Waals surface area contributed by atoms with Gasteiger partial charge in [0, 0.05) is 43.0 Å². The quantitative estimate of drug-likeness (QED) is 0.177. The van der Waals surface area contributed by atoms with Crippen LogP contribution in [0.3, 0.4) is 0 Å². The highest BCUT2D eigenvalue weighted by Crippen LogP contribution is 2.67. The van der Waals surface area contributed by atoms with Gasteiger partial charge in [-0.2, -0.15) is 0 Å². The minimum Gasteiger partial charge on any atom is -0.456 e. The van der Waals surface area contributed by atoms with E-state index in [1.807, 2.05) is 0 Å². The zero-order valence-corrected chi connectivity index (χ0v) is 36.2. The smallest absolute Gasteiger partial charge is 0.408 e. The fraction of sp³-hybridized carbons (Fsp3) is 0.622. The van der Waals surface area contributed by atoms with E-state index in [2.05, 4.69) is 10.3 Å². The maximum absolute atomic E-state index is 17.5. The van der Waals surface area contributed by atoms with Gasteiger partial charge in [-0.15, -0.1) is 0 Å². The lowest BCUT2D eigenvalue weighted by molar-refractivity contribution is -0.357. The van der Waals surface area contributed by atoms with Crippen molar-refractivity contribution in [1.82, 2.24) is 10.3 Å². The number of esters is 3. The van der Waals surface area contributed by atoms with E-state index in [-0.39, 0.29) is 18.6 Å². The van der Waals surface area contributed by atoms with Gasteiger partial charge < -0.3 is 48.7 Å². The highest BCUT2D eigenvalue weighted by atomic mass is 19.1. The van der Waals surface area contributed by atoms with Gasteiger partial charge in [-0.05, 0) is 82.5 Å². The highest BCUT2D eigenvalue weighted by Gasteiger charge is 2.79. The van der Waals surface area contributed by atoms with Crippen LogP contribution in [0.5, 0.6) is 0 Å². The third-order valence-corrected chi connectivity index (χ3v) is 13.4. The van der Waals surface area contributed by atoms with E-state index in [4.69, 9.17) is 33.2 Å². The lowest BCUT2D eigenvalue weighted by Gasteiger charge is -2.68. The van der Waals surface area contributed by atoms with Crippen LogP contribution in [0.1, 0.15) is 104 Å². The molecule has 16 heteroatoms. The summed E-state index contributed by atoms with van der Waals surface area (Å²) in [6.07, 6.45) is -8.61. The fourth-order valence-corrected chi connectivity index (χ4v) is 10.5. The largest absolute Gasteiger partial charge is 0.456 e. The molecule has 4 fully saturated rings. The number of fused-ring (bicyclic) bond motifs is 8. The van der Waals surface area contributed by atoms with Crippen molar-refractivity contribution in [3.05, 3.63) is 77.1 Å². The summed E-state index contributed by atoms with van der Waals surface area (Å²) in [5, 5.41) is 28.1. The molecule has 3 heterocycles. The number of ether oxygens (including phenoxy) is 7. The summed E-state index contributed by atoms with van der Waals surface area (Å²) in [4.78, 5) is 58.8. The number of nitrogens with one attached hydrogen (secondary N) is 1. The first-order valence-electron chi connectivity index (χ1n) is 20.6. The third-order valence-electron chi connectivity index (χ3n) is 13.4. The number of aliphatic hydroxyl groups is 2. The van der Waals surface area contributed by atoms with Crippen LogP contribution in [-0.4, -0.2) is 111 Å². The van der Waals surface area contributed by atoms with E-state index in [1.54, 1.807) is 80.5 Å². The predicted molar refractivity (Wildman–Crippen MR) is 213 cm³/mol. The molecular weight excluding hydrogens is 795 g/mol. The average Bonchev–Trinajstić information content (AvgIpc) is 3.49. The van der Waals surface area contributed by atoms with E-state index >= 15 is 4.39 Å². The van der Waals surface area contributed by atoms with Gasteiger partial charge in [0.1, 0.15) is 41.8 Å². The van der Waals surface area contributed by atoms with Crippen LogP contribution in [0, 0.1) is 16.7 Å². The highest BCUT2D eigenvalue weighted by molar-refractivity contribution is 5.89. The Kier molecular flexibility index (Phi) is 11.3. The molecule has 1 amide bonds. The van der Waals surface area contributed by atoms with Gasteiger partial charge in [0.25, 0.3) is 0 Å². The minimum absolute atomic E-state index is 0.135. The number of carbonyl (C=O) groups excluding carboxylic acids is 4. The summed E-state index contributed by atoms with van der Waals surface area (Å²) < 4.78 is 61.1. The molecule has 2 aliphatic heterocycles. The number of alkyl halides is 1. The number of aromatic nitrogens is 1. The summed E-state index contributed by atoms with van der Waals surface area (Å²) >= 11 is 0. The molecule has 1 aromatic carbocycles. The van der Waals surface area contributed by atoms with E-state index in [0.29, 0.717) is 16.7 Å². The lowest BCUT2D eigenvalue weighted by Crippen LogP contribution is -2.81. The molecule has 61 heavy (non-hydrogen) atoms. The van der Waals surface area contributed by atoms with Crippen LogP contribution in [-0.2, 0) is 42.7 Å². The predicted octanol–water partition coefficient (Wildman–Crippen LogP) is 5.22. The zero-order valence-electron chi connectivity index (χ0n) is 36.2. The molecule has 12 atom stereocenters. The first kappa shape index (κ1) is 44.6. The van der Waals surface area contributed by atoms with Gasteiger partial charge in [0.2, 0.25) is 0 Å². The summed E-state index contributed by atoms with van der Waals surface area (Å²) in [6, 6.07) is 9.73. The number of hydrogen-bond acceptors (Lipinski definition) is 14. The van der Waals surface area contributed by atoms with Crippen LogP contribution < -0.4 is 5.32 Å². The molecule has 0 spiro atoms. The van der Waals surface area contributed by atoms with Crippen molar-refractivity contribution >= 4 is 24.0 Å². The fourth-order valence-electron chi connectivity index (χ4n) is 10.5. The van der Waals surface area contributed by atoms with Crippen LogP contribution in [0.4, 0.5) is 9.18 Å². The summed E-state index contributed by atoms with van der Waals surface area (Å²) in [5.74, 6) is -5.37. The summed E-state index contributed by atoms with van der Waals surface area (Å²) in [5.41, 5.74) is -6.56. The Balaban J connectivity index is 1.39. The van der Waals surface area contributed by atoms with E-state index < -0.39 is 119 Å². The van der Waals surface area contributed by atoms with Gasteiger partial charge >= 0.3 is 24.0 Å². The number of benzene rings is 1. The van der Waals surface area contributed by atoms with Crippen molar-refractivity contribution in [2.24, 2.45) is 16.7 Å². The van der Waals surface area contributed by atoms with Crippen molar-refractivity contribution < 1.29 is 66.9 Å². The molecule has 2 saturated heterocycles. The SMILES string of the molecule is CC(=O)O[C@@]12CO[C@@H]1C[C@@H](F)[C@@]1(C)[C@@H]3OC(C)(C)O[C@@H]3C3=C(C)[C@@H](OC(=O)[C@H](O)[C@@H](NC(=O)OC(C)(C)C)c4ccncc4)C[C@@](O)([C@@H](OC(=O)c4ccccc4)[C@H]21)C3(C)C. The molecule has 2 aromatic rings. The minimum atomic E-state index is -2.24. The second-order valence-corrected chi connectivity index (χ2v) is 19.2. The first-order chi connectivity index (χ1) is 28.4. The third kappa shape index (κ3) is 7.51. The van der Waals surface area contributed by atoms with E-state index in [1.165, 1.54) is 43.6 Å². The molecule has 3 aliphatic carbocycles.